The fourth-order valence-corrected chi connectivity index (χ4v) is 3.31. The third-order valence-electron chi connectivity index (χ3n) is 4.75. The molecule has 6 heteroatoms. The van der Waals surface area contributed by atoms with Gasteiger partial charge in [-0.05, 0) is 19.3 Å². The highest BCUT2D eigenvalue weighted by molar-refractivity contribution is 5.80. The molecule has 0 bridgehead atoms. The van der Waals surface area contributed by atoms with Crippen molar-refractivity contribution in [3.05, 3.63) is 0 Å². The highest BCUT2D eigenvalue weighted by Crippen LogP contribution is 2.20. The van der Waals surface area contributed by atoms with Crippen LogP contribution in [-0.4, -0.2) is 71.7 Å². The van der Waals surface area contributed by atoms with E-state index in [0.717, 1.165) is 32.4 Å². The summed E-state index contributed by atoms with van der Waals surface area (Å²) in [4.78, 5) is 41.4. The molecule has 0 atom stereocenters. The van der Waals surface area contributed by atoms with E-state index in [4.69, 9.17) is 0 Å². The minimum atomic E-state index is 0.0315. The van der Waals surface area contributed by atoms with Gasteiger partial charge in [0, 0.05) is 58.5 Å². The summed E-state index contributed by atoms with van der Waals surface area (Å²) < 4.78 is 0. The van der Waals surface area contributed by atoms with Gasteiger partial charge >= 0.3 is 0 Å². The molecule has 0 aromatic rings. The normalized spacial score (nSPS) is 20.7. The van der Waals surface area contributed by atoms with Gasteiger partial charge in [-0.1, -0.05) is 6.92 Å². The highest BCUT2D eigenvalue weighted by Gasteiger charge is 2.30. The third kappa shape index (κ3) is 3.99. The maximum Gasteiger partial charge on any atom is 0.225 e. The Hall–Kier alpha value is -1.59. The van der Waals surface area contributed by atoms with Crippen LogP contribution in [0.25, 0.3) is 0 Å². The Kier molecular flexibility index (Phi) is 5.80. The van der Waals surface area contributed by atoms with Crippen molar-refractivity contribution >= 4 is 17.7 Å². The molecule has 2 heterocycles. The molecule has 0 aromatic carbocycles. The van der Waals surface area contributed by atoms with Crippen LogP contribution in [0.1, 0.15) is 39.5 Å². The summed E-state index contributed by atoms with van der Waals surface area (Å²) in [6.45, 7) is 7.58. The second-order valence-corrected chi connectivity index (χ2v) is 6.19. The molecule has 2 fully saturated rings. The van der Waals surface area contributed by atoms with Crippen LogP contribution in [0.15, 0.2) is 0 Å². The average Bonchev–Trinajstić information content (AvgIpc) is 2.79. The molecule has 2 saturated heterocycles. The van der Waals surface area contributed by atoms with Gasteiger partial charge in [-0.25, -0.2) is 0 Å². The van der Waals surface area contributed by atoms with E-state index >= 15 is 0 Å². The summed E-state index contributed by atoms with van der Waals surface area (Å²) in [6.07, 6.45) is 2.89. The molecule has 0 unspecified atom stereocenters. The van der Waals surface area contributed by atoms with Gasteiger partial charge in [-0.3, -0.25) is 14.4 Å². The Morgan fingerprint density at radius 1 is 0.864 bits per heavy atom. The lowest BCUT2D eigenvalue weighted by Crippen LogP contribution is -2.45. The Labute approximate surface area is 132 Å². The minimum absolute atomic E-state index is 0.0315. The lowest BCUT2D eigenvalue weighted by atomic mass is 9.95. The first-order chi connectivity index (χ1) is 10.5. The van der Waals surface area contributed by atoms with Gasteiger partial charge in [0.05, 0.1) is 0 Å². The van der Waals surface area contributed by atoms with Crippen LogP contribution in [0.5, 0.6) is 0 Å². The molecule has 2 rings (SSSR count). The zero-order valence-electron chi connectivity index (χ0n) is 13.7. The molecule has 0 saturated carbocycles. The van der Waals surface area contributed by atoms with E-state index in [1.54, 1.807) is 6.92 Å². The Morgan fingerprint density at radius 3 is 2.05 bits per heavy atom. The highest BCUT2D eigenvalue weighted by atomic mass is 16.2. The number of carbonyl (C=O) groups excluding carboxylic acids is 3. The van der Waals surface area contributed by atoms with Crippen molar-refractivity contribution in [3.8, 4) is 0 Å². The van der Waals surface area contributed by atoms with Crippen LogP contribution in [0.3, 0.4) is 0 Å². The van der Waals surface area contributed by atoms with Gasteiger partial charge in [0.1, 0.15) is 0 Å². The predicted molar refractivity (Wildman–Crippen MR) is 83.0 cm³/mol. The van der Waals surface area contributed by atoms with Crippen LogP contribution in [-0.2, 0) is 14.4 Å². The molecule has 124 valence electrons. The molecular formula is C16H27N3O3. The van der Waals surface area contributed by atoms with E-state index < -0.39 is 0 Å². The van der Waals surface area contributed by atoms with Gasteiger partial charge in [0.25, 0.3) is 0 Å². The third-order valence-corrected chi connectivity index (χ3v) is 4.75. The molecule has 2 aliphatic rings. The second kappa shape index (κ2) is 7.61. The average molecular weight is 309 g/mol. The lowest BCUT2D eigenvalue weighted by Gasteiger charge is -2.33. The van der Waals surface area contributed by atoms with Gasteiger partial charge in [-0.15, -0.1) is 0 Å². The molecule has 0 aliphatic carbocycles. The van der Waals surface area contributed by atoms with E-state index in [-0.39, 0.29) is 23.6 Å². The van der Waals surface area contributed by atoms with E-state index in [2.05, 4.69) is 0 Å². The first-order valence-electron chi connectivity index (χ1n) is 8.35. The largest absolute Gasteiger partial charge is 0.343 e. The maximum atomic E-state index is 12.6. The van der Waals surface area contributed by atoms with Crippen molar-refractivity contribution in [3.63, 3.8) is 0 Å². The van der Waals surface area contributed by atoms with Gasteiger partial charge in [-0.2, -0.15) is 0 Å². The molecule has 0 radical (unpaired) electrons. The number of hydrogen-bond acceptors (Lipinski definition) is 3. The van der Waals surface area contributed by atoms with E-state index in [1.165, 1.54) is 0 Å². The van der Waals surface area contributed by atoms with Crippen molar-refractivity contribution in [1.82, 2.24) is 14.7 Å². The number of likely N-dealkylation sites (tertiary alicyclic amines) is 1. The molecule has 22 heavy (non-hydrogen) atoms. The topological polar surface area (TPSA) is 60.9 Å². The van der Waals surface area contributed by atoms with Crippen molar-refractivity contribution < 1.29 is 14.4 Å². The molecule has 2 aliphatic heterocycles. The Balaban J connectivity index is 1.85. The fraction of sp³-hybridized carbons (Fsp3) is 0.812. The molecule has 3 amide bonds. The van der Waals surface area contributed by atoms with Gasteiger partial charge in [0.2, 0.25) is 17.7 Å². The molecule has 6 nitrogen and oxygen atoms in total. The van der Waals surface area contributed by atoms with Gasteiger partial charge < -0.3 is 14.7 Å². The number of carbonyl (C=O) groups is 3. The van der Waals surface area contributed by atoms with Crippen LogP contribution in [0.4, 0.5) is 0 Å². The first kappa shape index (κ1) is 16.8. The maximum absolute atomic E-state index is 12.6. The molecule has 0 aromatic heterocycles. The predicted octanol–water partition coefficient (Wildman–Crippen LogP) is 0.716. The van der Waals surface area contributed by atoms with E-state index in [1.807, 2.05) is 21.6 Å². The monoisotopic (exact) mass is 309 g/mol. The minimum Gasteiger partial charge on any atom is -0.343 e. The number of piperidine rings is 1. The van der Waals surface area contributed by atoms with Crippen LogP contribution in [0.2, 0.25) is 0 Å². The summed E-state index contributed by atoms with van der Waals surface area (Å²) in [5.74, 6) is 0.497. The van der Waals surface area contributed by atoms with Crippen molar-refractivity contribution in [2.75, 3.05) is 39.3 Å². The first-order valence-corrected chi connectivity index (χ1v) is 8.35. The number of rotatable bonds is 2. The lowest BCUT2D eigenvalue weighted by molar-refractivity contribution is -0.140. The fourth-order valence-electron chi connectivity index (χ4n) is 3.31. The quantitative estimate of drug-likeness (QED) is 0.755. The number of nitrogens with zero attached hydrogens (tertiary/aromatic N) is 3. The zero-order valence-corrected chi connectivity index (χ0v) is 13.7. The number of amides is 3. The van der Waals surface area contributed by atoms with E-state index in [9.17, 15) is 14.4 Å². The molecular weight excluding hydrogens is 282 g/mol. The van der Waals surface area contributed by atoms with Crippen molar-refractivity contribution in [2.45, 2.75) is 39.5 Å². The SMILES string of the molecule is CCC(=O)N1CCCN(C(=O)C2CCN(C(C)=O)CC2)CC1. The van der Waals surface area contributed by atoms with Crippen molar-refractivity contribution in [1.29, 1.82) is 0 Å². The number of hydrogen-bond donors (Lipinski definition) is 0. The van der Waals surface area contributed by atoms with Crippen LogP contribution < -0.4 is 0 Å². The standard InChI is InChI=1S/C16H27N3O3/c1-3-15(21)18-7-4-8-19(12-11-18)16(22)14-5-9-17(10-6-14)13(2)20/h14H,3-12H2,1-2H3. The van der Waals surface area contributed by atoms with Crippen molar-refractivity contribution in [2.24, 2.45) is 5.92 Å². The van der Waals surface area contributed by atoms with Gasteiger partial charge in [0.15, 0.2) is 0 Å². The van der Waals surface area contributed by atoms with Crippen LogP contribution in [0, 0.1) is 5.92 Å². The van der Waals surface area contributed by atoms with E-state index in [0.29, 0.717) is 32.6 Å². The Morgan fingerprint density at radius 2 is 1.45 bits per heavy atom. The second-order valence-electron chi connectivity index (χ2n) is 6.19. The summed E-state index contributed by atoms with van der Waals surface area (Å²) in [5.41, 5.74) is 0. The summed E-state index contributed by atoms with van der Waals surface area (Å²) in [7, 11) is 0. The molecule has 0 spiro atoms. The Bertz CT molecular complexity index is 430. The summed E-state index contributed by atoms with van der Waals surface area (Å²) >= 11 is 0. The van der Waals surface area contributed by atoms with Crippen LogP contribution >= 0.6 is 0 Å². The summed E-state index contributed by atoms with van der Waals surface area (Å²) in [6, 6.07) is 0. The summed E-state index contributed by atoms with van der Waals surface area (Å²) in [5, 5.41) is 0. The zero-order chi connectivity index (χ0) is 16.1. The molecule has 0 N–H and O–H groups in total. The smallest absolute Gasteiger partial charge is 0.225 e.